The fourth-order valence-corrected chi connectivity index (χ4v) is 2.60. The average Bonchev–Trinajstić information content (AvgIpc) is 2.90. The van der Waals surface area contributed by atoms with Crippen molar-refractivity contribution in [1.82, 2.24) is 20.0 Å². The molecule has 0 spiro atoms. The zero-order valence-corrected chi connectivity index (χ0v) is 11.2. The van der Waals surface area contributed by atoms with E-state index < -0.39 is 0 Å². The van der Waals surface area contributed by atoms with Gasteiger partial charge in [0.25, 0.3) is 0 Å². The van der Waals surface area contributed by atoms with Crippen molar-refractivity contribution in [2.45, 2.75) is 45.8 Å². The van der Waals surface area contributed by atoms with E-state index in [-0.39, 0.29) is 0 Å². The summed E-state index contributed by atoms with van der Waals surface area (Å²) in [6, 6.07) is 0.682. The monoisotopic (exact) mass is 236 g/mol. The zero-order valence-electron chi connectivity index (χ0n) is 11.2. The second kappa shape index (κ2) is 5.65. The molecule has 2 heterocycles. The summed E-state index contributed by atoms with van der Waals surface area (Å²) in [6.45, 7) is 8.58. The number of hydrogen-bond donors (Lipinski definition) is 1. The quantitative estimate of drug-likeness (QED) is 0.839. The highest BCUT2D eigenvalue weighted by Crippen LogP contribution is 2.12. The van der Waals surface area contributed by atoms with Gasteiger partial charge in [-0.15, -0.1) is 0 Å². The van der Waals surface area contributed by atoms with Gasteiger partial charge in [0, 0.05) is 36.9 Å². The van der Waals surface area contributed by atoms with Gasteiger partial charge in [-0.3, -0.25) is 4.68 Å². The second-order valence-electron chi connectivity index (χ2n) is 5.06. The smallest absolute Gasteiger partial charge is 0.0537 e. The van der Waals surface area contributed by atoms with E-state index in [9.17, 15) is 0 Å². The molecule has 4 heteroatoms. The Morgan fingerprint density at radius 3 is 3.00 bits per heavy atom. The van der Waals surface area contributed by atoms with Gasteiger partial charge in [-0.2, -0.15) is 5.10 Å². The molecule has 0 aromatic carbocycles. The van der Waals surface area contributed by atoms with Gasteiger partial charge in [0.05, 0.1) is 6.20 Å². The number of likely N-dealkylation sites (N-methyl/N-ethyl adjacent to an activating group) is 1. The number of rotatable bonds is 5. The van der Waals surface area contributed by atoms with E-state index >= 15 is 0 Å². The maximum atomic E-state index is 4.39. The first kappa shape index (κ1) is 12.6. The summed E-state index contributed by atoms with van der Waals surface area (Å²) in [6.07, 6.45) is 4.65. The lowest BCUT2D eigenvalue weighted by atomic mass is 10.2. The van der Waals surface area contributed by atoms with Gasteiger partial charge in [0.2, 0.25) is 0 Å². The Hall–Kier alpha value is -0.870. The van der Waals surface area contributed by atoms with Crippen LogP contribution >= 0.6 is 0 Å². The molecule has 1 aromatic rings. The van der Waals surface area contributed by atoms with E-state index in [1.165, 1.54) is 30.6 Å². The van der Waals surface area contributed by atoms with Gasteiger partial charge in [0.1, 0.15) is 0 Å². The summed E-state index contributed by atoms with van der Waals surface area (Å²) in [7, 11) is 2.20. The fourth-order valence-electron chi connectivity index (χ4n) is 2.60. The van der Waals surface area contributed by atoms with Gasteiger partial charge >= 0.3 is 0 Å². The summed E-state index contributed by atoms with van der Waals surface area (Å²) in [5.74, 6) is 0. The number of aromatic nitrogens is 2. The Kier molecular flexibility index (Phi) is 4.18. The predicted molar refractivity (Wildman–Crippen MR) is 70.0 cm³/mol. The second-order valence-corrected chi connectivity index (χ2v) is 5.06. The average molecular weight is 236 g/mol. The Morgan fingerprint density at radius 1 is 1.59 bits per heavy atom. The summed E-state index contributed by atoms with van der Waals surface area (Å²) in [4.78, 5) is 2.40. The van der Waals surface area contributed by atoms with Crippen LogP contribution in [0.15, 0.2) is 6.20 Å². The topological polar surface area (TPSA) is 33.1 Å². The number of nitrogens with zero attached hydrogens (tertiary/aromatic N) is 3. The van der Waals surface area contributed by atoms with Gasteiger partial charge in [-0.05, 0) is 40.3 Å². The molecule has 0 aliphatic carbocycles. The van der Waals surface area contributed by atoms with Gasteiger partial charge < -0.3 is 10.2 Å². The SMILES string of the molecule is CCn1ncc(CN(C)CC2CCCN2)c1C. The minimum Gasteiger partial charge on any atom is -0.313 e. The van der Waals surface area contributed by atoms with Crippen LogP contribution < -0.4 is 5.32 Å². The van der Waals surface area contributed by atoms with Crippen molar-refractivity contribution in [3.05, 3.63) is 17.5 Å². The molecule has 1 atom stereocenters. The summed E-state index contributed by atoms with van der Waals surface area (Å²) in [5.41, 5.74) is 2.66. The van der Waals surface area contributed by atoms with E-state index in [0.29, 0.717) is 6.04 Å². The third kappa shape index (κ3) is 3.07. The van der Waals surface area contributed by atoms with E-state index in [1.807, 2.05) is 6.20 Å². The van der Waals surface area contributed by atoms with Crippen LogP contribution in [0.5, 0.6) is 0 Å². The van der Waals surface area contributed by atoms with Crippen molar-refractivity contribution in [2.24, 2.45) is 0 Å². The van der Waals surface area contributed by atoms with Crippen LogP contribution in [-0.2, 0) is 13.1 Å². The van der Waals surface area contributed by atoms with Crippen LogP contribution in [0.1, 0.15) is 31.0 Å². The largest absolute Gasteiger partial charge is 0.313 e. The third-order valence-corrected chi connectivity index (χ3v) is 3.64. The van der Waals surface area contributed by atoms with Crippen LogP contribution in [0.3, 0.4) is 0 Å². The van der Waals surface area contributed by atoms with E-state index in [0.717, 1.165) is 19.6 Å². The molecule has 1 N–H and O–H groups in total. The summed E-state index contributed by atoms with van der Waals surface area (Å²) >= 11 is 0. The molecule has 0 amide bonds. The first-order valence-electron chi connectivity index (χ1n) is 6.64. The predicted octanol–water partition coefficient (Wildman–Crippen LogP) is 1.40. The number of hydrogen-bond acceptors (Lipinski definition) is 3. The maximum Gasteiger partial charge on any atom is 0.0537 e. The number of aryl methyl sites for hydroxylation is 1. The molecule has 1 aliphatic rings. The summed E-state index contributed by atoms with van der Waals surface area (Å²) in [5, 5.41) is 7.94. The van der Waals surface area contributed by atoms with Crippen molar-refractivity contribution in [1.29, 1.82) is 0 Å². The van der Waals surface area contributed by atoms with Crippen LogP contribution in [0.2, 0.25) is 0 Å². The summed E-state index contributed by atoms with van der Waals surface area (Å²) < 4.78 is 2.07. The molecule has 0 saturated carbocycles. The molecule has 1 saturated heterocycles. The van der Waals surface area contributed by atoms with Gasteiger partial charge in [0.15, 0.2) is 0 Å². The molecule has 17 heavy (non-hydrogen) atoms. The Labute approximate surface area is 104 Å². The molecule has 1 aliphatic heterocycles. The lowest BCUT2D eigenvalue weighted by Gasteiger charge is -2.20. The molecule has 1 aromatic heterocycles. The first-order chi connectivity index (χ1) is 8.20. The molecular weight excluding hydrogens is 212 g/mol. The third-order valence-electron chi connectivity index (χ3n) is 3.64. The Morgan fingerprint density at radius 2 is 2.41 bits per heavy atom. The van der Waals surface area contributed by atoms with E-state index in [1.54, 1.807) is 0 Å². The van der Waals surface area contributed by atoms with Crippen LogP contribution in [0.25, 0.3) is 0 Å². The molecule has 0 bridgehead atoms. The van der Waals surface area contributed by atoms with Gasteiger partial charge in [-0.25, -0.2) is 0 Å². The van der Waals surface area contributed by atoms with Crippen LogP contribution in [0, 0.1) is 6.92 Å². The highest BCUT2D eigenvalue weighted by atomic mass is 15.3. The normalized spacial score (nSPS) is 20.4. The first-order valence-corrected chi connectivity index (χ1v) is 6.64. The minimum absolute atomic E-state index is 0.682. The van der Waals surface area contributed by atoms with Crippen molar-refractivity contribution >= 4 is 0 Å². The standard InChI is InChI=1S/C13H24N4/c1-4-17-11(2)12(8-15-17)9-16(3)10-13-6-5-7-14-13/h8,13-14H,4-7,9-10H2,1-3H3. The molecule has 1 fully saturated rings. The highest BCUT2D eigenvalue weighted by molar-refractivity contribution is 5.15. The molecular formula is C13H24N4. The highest BCUT2D eigenvalue weighted by Gasteiger charge is 2.16. The molecule has 2 rings (SSSR count). The van der Waals surface area contributed by atoms with Crippen molar-refractivity contribution in [3.8, 4) is 0 Å². The molecule has 1 unspecified atom stereocenters. The zero-order chi connectivity index (χ0) is 12.3. The van der Waals surface area contributed by atoms with E-state index in [4.69, 9.17) is 0 Å². The fraction of sp³-hybridized carbons (Fsp3) is 0.769. The maximum absolute atomic E-state index is 4.39. The Bertz CT molecular complexity index is 352. The van der Waals surface area contributed by atoms with Crippen molar-refractivity contribution < 1.29 is 0 Å². The number of nitrogens with one attached hydrogen (secondary N) is 1. The van der Waals surface area contributed by atoms with Gasteiger partial charge in [-0.1, -0.05) is 0 Å². The Balaban J connectivity index is 1.88. The van der Waals surface area contributed by atoms with E-state index in [2.05, 4.69) is 40.9 Å². The molecule has 4 nitrogen and oxygen atoms in total. The van der Waals surface area contributed by atoms with Crippen molar-refractivity contribution in [2.75, 3.05) is 20.1 Å². The lowest BCUT2D eigenvalue weighted by molar-refractivity contribution is 0.292. The van der Waals surface area contributed by atoms with Crippen LogP contribution in [-0.4, -0.2) is 40.9 Å². The van der Waals surface area contributed by atoms with Crippen LogP contribution in [0.4, 0.5) is 0 Å². The minimum atomic E-state index is 0.682. The molecule has 96 valence electrons. The molecule has 0 radical (unpaired) electrons. The lowest BCUT2D eigenvalue weighted by Crippen LogP contribution is -2.35. The van der Waals surface area contributed by atoms with Crippen molar-refractivity contribution in [3.63, 3.8) is 0 Å².